The molecular formula is C22H25N3O7S. The van der Waals surface area contributed by atoms with Gasteiger partial charge in [-0.15, -0.1) is 0 Å². The van der Waals surface area contributed by atoms with E-state index in [0.717, 1.165) is 30.3 Å². The first-order valence-electron chi connectivity index (χ1n) is 10.5. The molecule has 1 heterocycles. The van der Waals surface area contributed by atoms with Crippen LogP contribution in [0.4, 0.5) is 5.69 Å². The molecule has 0 saturated heterocycles. The molecule has 0 aliphatic heterocycles. The van der Waals surface area contributed by atoms with Crippen LogP contribution >= 0.6 is 0 Å². The number of nitrogens with zero attached hydrogens (tertiary/aromatic N) is 1. The number of sulfonamides is 1. The van der Waals surface area contributed by atoms with Crippen molar-refractivity contribution in [1.29, 1.82) is 0 Å². The highest BCUT2D eigenvalue weighted by Gasteiger charge is 2.24. The minimum Gasteiger partial charge on any atom is -0.493 e. The lowest BCUT2D eigenvalue weighted by molar-refractivity contribution is -0.116. The normalized spacial score (nSPS) is 14.5. The number of anilines is 1. The lowest BCUT2D eigenvalue weighted by Crippen LogP contribution is -2.32. The highest BCUT2D eigenvalue weighted by atomic mass is 32.2. The number of benzene rings is 2. The van der Waals surface area contributed by atoms with Crippen molar-refractivity contribution in [2.75, 3.05) is 19.5 Å². The van der Waals surface area contributed by atoms with Crippen LogP contribution in [0.25, 0.3) is 11.1 Å². The summed E-state index contributed by atoms with van der Waals surface area (Å²) in [6.07, 6.45) is 3.61. The van der Waals surface area contributed by atoms with Crippen molar-refractivity contribution in [2.45, 2.75) is 43.2 Å². The molecule has 4 rings (SSSR count). The Labute approximate surface area is 190 Å². The highest BCUT2D eigenvalue weighted by molar-refractivity contribution is 7.89. The zero-order valence-electron chi connectivity index (χ0n) is 18.3. The van der Waals surface area contributed by atoms with E-state index in [1.165, 1.54) is 32.4 Å². The number of methoxy groups -OCH3 is 2. The molecule has 1 aliphatic rings. The van der Waals surface area contributed by atoms with Gasteiger partial charge in [0.05, 0.1) is 24.6 Å². The summed E-state index contributed by atoms with van der Waals surface area (Å²) in [6.45, 7) is -0.313. The van der Waals surface area contributed by atoms with Crippen molar-refractivity contribution in [3.05, 3.63) is 46.9 Å². The molecule has 1 aliphatic carbocycles. The monoisotopic (exact) mass is 475 g/mol. The maximum absolute atomic E-state index is 12.7. The summed E-state index contributed by atoms with van der Waals surface area (Å²) in [5, 5.41) is 2.69. The van der Waals surface area contributed by atoms with Gasteiger partial charge in [0.1, 0.15) is 6.54 Å². The highest BCUT2D eigenvalue weighted by Crippen LogP contribution is 2.29. The molecule has 2 aromatic carbocycles. The van der Waals surface area contributed by atoms with Gasteiger partial charge in [0.15, 0.2) is 17.1 Å². The van der Waals surface area contributed by atoms with Crippen LogP contribution in [0.15, 0.2) is 50.5 Å². The zero-order valence-corrected chi connectivity index (χ0v) is 19.1. The molecule has 10 nitrogen and oxygen atoms in total. The van der Waals surface area contributed by atoms with Crippen LogP contribution < -0.4 is 25.3 Å². The van der Waals surface area contributed by atoms with Gasteiger partial charge in [0.2, 0.25) is 15.9 Å². The number of hydrogen-bond donors (Lipinski definition) is 2. The molecule has 2 N–H and O–H groups in total. The Bertz CT molecular complexity index is 1340. The SMILES string of the molecule is COc1ccc(NC(=O)Cn2c(=O)oc3cc(S(=O)(=O)NC4CCCC4)ccc32)cc1OC. The van der Waals surface area contributed by atoms with Gasteiger partial charge in [0, 0.05) is 23.9 Å². The fourth-order valence-corrected chi connectivity index (χ4v) is 5.27. The van der Waals surface area contributed by atoms with Crippen molar-refractivity contribution in [3.8, 4) is 11.5 Å². The van der Waals surface area contributed by atoms with Crippen molar-refractivity contribution < 1.29 is 27.1 Å². The second-order valence-electron chi connectivity index (χ2n) is 7.80. The Morgan fingerprint density at radius 2 is 1.82 bits per heavy atom. The van der Waals surface area contributed by atoms with Crippen molar-refractivity contribution in [3.63, 3.8) is 0 Å². The van der Waals surface area contributed by atoms with Gasteiger partial charge in [-0.1, -0.05) is 12.8 Å². The molecule has 33 heavy (non-hydrogen) atoms. The number of rotatable bonds is 8. The molecule has 1 amide bonds. The minimum atomic E-state index is -3.74. The Morgan fingerprint density at radius 3 is 2.52 bits per heavy atom. The molecule has 3 aromatic rings. The van der Waals surface area contributed by atoms with Crippen LogP contribution in [0.3, 0.4) is 0 Å². The predicted molar refractivity (Wildman–Crippen MR) is 121 cm³/mol. The maximum atomic E-state index is 12.7. The molecule has 11 heteroatoms. The number of hydrogen-bond acceptors (Lipinski definition) is 7. The second-order valence-corrected chi connectivity index (χ2v) is 9.52. The third-order valence-electron chi connectivity index (χ3n) is 5.60. The smallest absolute Gasteiger partial charge is 0.420 e. The van der Waals surface area contributed by atoms with Crippen LogP contribution in [0.2, 0.25) is 0 Å². The fraction of sp³-hybridized carbons (Fsp3) is 0.364. The summed E-state index contributed by atoms with van der Waals surface area (Å²) in [5.41, 5.74) is 0.875. The first kappa shape index (κ1) is 22.9. The Kier molecular flexibility index (Phi) is 6.43. The van der Waals surface area contributed by atoms with E-state index in [0.29, 0.717) is 22.7 Å². The molecule has 0 unspecified atom stereocenters. The van der Waals surface area contributed by atoms with Crippen molar-refractivity contribution in [2.24, 2.45) is 0 Å². The molecule has 0 atom stereocenters. The van der Waals surface area contributed by atoms with Gasteiger partial charge in [-0.2, -0.15) is 0 Å². The lowest BCUT2D eigenvalue weighted by Gasteiger charge is -2.12. The minimum absolute atomic E-state index is 0.0116. The van der Waals surface area contributed by atoms with E-state index in [1.54, 1.807) is 18.2 Å². The number of oxazole rings is 1. The van der Waals surface area contributed by atoms with Gasteiger partial charge < -0.3 is 19.2 Å². The Balaban J connectivity index is 1.53. The topological polar surface area (TPSA) is 129 Å². The number of ether oxygens (including phenoxy) is 2. The summed E-state index contributed by atoms with van der Waals surface area (Å²) < 4.78 is 44.8. The van der Waals surface area contributed by atoms with Gasteiger partial charge >= 0.3 is 5.76 Å². The van der Waals surface area contributed by atoms with Crippen molar-refractivity contribution >= 4 is 32.7 Å². The molecule has 0 radical (unpaired) electrons. The van der Waals surface area contributed by atoms with E-state index in [4.69, 9.17) is 13.9 Å². The Morgan fingerprint density at radius 1 is 1.09 bits per heavy atom. The van der Waals surface area contributed by atoms with E-state index in [1.807, 2.05) is 0 Å². The third kappa shape index (κ3) is 4.88. The van der Waals surface area contributed by atoms with Gasteiger partial charge in [-0.25, -0.2) is 17.9 Å². The summed E-state index contributed by atoms with van der Waals surface area (Å²) in [7, 11) is -0.745. The summed E-state index contributed by atoms with van der Waals surface area (Å²) in [6, 6.07) is 8.98. The Hall–Kier alpha value is -3.31. The van der Waals surface area contributed by atoms with E-state index in [9.17, 15) is 18.0 Å². The molecule has 1 aromatic heterocycles. The van der Waals surface area contributed by atoms with Gasteiger partial charge in [0.25, 0.3) is 0 Å². The quantitative estimate of drug-likeness (QED) is 0.512. The molecule has 1 fully saturated rings. The van der Waals surface area contributed by atoms with E-state index in [2.05, 4.69) is 10.0 Å². The van der Waals surface area contributed by atoms with E-state index in [-0.39, 0.29) is 23.1 Å². The van der Waals surface area contributed by atoms with E-state index < -0.39 is 21.7 Å². The fourth-order valence-electron chi connectivity index (χ4n) is 3.95. The van der Waals surface area contributed by atoms with Crippen LogP contribution in [0, 0.1) is 0 Å². The summed E-state index contributed by atoms with van der Waals surface area (Å²) in [4.78, 5) is 24.9. The first-order chi connectivity index (χ1) is 15.8. The van der Waals surface area contributed by atoms with Crippen LogP contribution in [0.5, 0.6) is 11.5 Å². The molecular weight excluding hydrogens is 450 g/mol. The van der Waals surface area contributed by atoms with Gasteiger partial charge in [-0.05, 0) is 37.1 Å². The number of fused-ring (bicyclic) bond motifs is 1. The summed E-state index contributed by atoms with van der Waals surface area (Å²) in [5.74, 6) is -0.265. The standard InChI is InChI=1S/C22H25N3O7S/c1-30-18-10-7-15(11-20(18)31-2)23-21(26)13-25-17-9-8-16(12-19(17)32-22(25)27)33(28,29)24-14-5-3-4-6-14/h7-12,14,24H,3-6,13H2,1-2H3,(H,23,26). The molecule has 0 bridgehead atoms. The van der Waals surface area contributed by atoms with Gasteiger partial charge in [-0.3, -0.25) is 9.36 Å². The summed E-state index contributed by atoms with van der Waals surface area (Å²) >= 11 is 0. The maximum Gasteiger partial charge on any atom is 0.420 e. The second kappa shape index (κ2) is 9.28. The molecule has 0 spiro atoms. The number of aromatic nitrogens is 1. The van der Waals surface area contributed by atoms with Crippen molar-refractivity contribution in [1.82, 2.24) is 9.29 Å². The first-order valence-corrected chi connectivity index (χ1v) is 12.0. The van der Waals surface area contributed by atoms with E-state index >= 15 is 0 Å². The number of carbonyl (C=O) groups is 1. The number of carbonyl (C=O) groups excluding carboxylic acids is 1. The molecule has 1 saturated carbocycles. The number of amides is 1. The van der Waals surface area contributed by atoms with Crippen LogP contribution in [-0.4, -0.2) is 39.2 Å². The third-order valence-corrected chi connectivity index (χ3v) is 7.11. The predicted octanol–water partition coefficient (Wildman–Crippen LogP) is 2.47. The average Bonchev–Trinajstić information content (AvgIpc) is 3.40. The number of nitrogens with one attached hydrogen (secondary N) is 2. The molecule has 176 valence electrons. The zero-order chi connectivity index (χ0) is 23.6. The van der Waals surface area contributed by atoms with Crippen LogP contribution in [0.1, 0.15) is 25.7 Å². The largest absolute Gasteiger partial charge is 0.493 e. The average molecular weight is 476 g/mol. The van der Waals surface area contributed by atoms with Crippen LogP contribution in [-0.2, 0) is 21.4 Å². The lowest BCUT2D eigenvalue weighted by atomic mass is 10.2.